The number of aromatic nitrogens is 1. The summed E-state index contributed by atoms with van der Waals surface area (Å²) in [4.78, 5) is 21.4. The largest absolute Gasteiger partial charge is 0.448 e. The Kier molecular flexibility index (Phi) is 5.40. The van der Waals surface area contributed by atoms with Crippen LogP contribution < -0.4 is 15.2 Å². The van der Waals surface area contributed by atoms with Gasteiger partial charge in [-0.15, -0.1) is 0 Å². The molecule has 180 valence electrons. The van der Waals surface area contributed by atoms with Gasteiger partial charge < -0.3 is 20.1 Å². The molecule has 2 aromatic rings. The summed E-state index contributed by atoms with van der Waals surface area (Å²) in [5, 5.41) is 0. The van der Waals surface area contributed by atoms with E-state index in [0.717, 1.165) is 69.9 Å². The Hall–Kier alpha value is -2.80. The van der Waals surface area contributed by atoms with Crippen LogP contribution >= 0.6 is 0 Å². The highest BCUT2D eigenvalue weighted by Crippen LogP contribution is 2.49. The first-order chi connectivity index (χ1) is 16.5. The Labute approximate surface area is 201 Å². The minimum atomic E-state index is -0.405. The third-order valence-corrected chi connectivity index (χ3v) is 8.46. The lowest BCUT2D eigenvalue weighted by atomic mass is 9.71. The first-order valence-electron chi connectivity index (χ1n) is 12.8. The van der Waals surface area contributed by atoms with Gasteiger partial charge in [-0.3, -0.25) is 9.69 Å². The van der Waals surface area contributed by atoms with Crippen molar-refractivity contribution in [2.45, 2.75) is 63.7 Å². The van der Waals surface area contributed by atoms with Gasteiger partial charge in [0.1, 0.15) is 5.82 Å². The Morgan fingerprint density at radius 2 is 1.71 bits per heavy atom. The first kappa shape index (κ1) is 21.7. The molecular weight excluding hydrogens is 428 g/mol. The van der Waals surface area contributed by atoms with Gasteiger partial charge in [0.2, 0.25) is 0 Å². The van der Waals surface area contributed by atoms with E-state index in [4.69, 9.17) is 15.2 Å². The van der Waals surface area contributed by atoms with E-state index in [1.807, 2.05) is 11.0 Å². The van der Waals surface area contributed by atoms with Crippen LogP contribution in [0.5, 0.6) is 11.5 Å². The molecule has 6 rings (SSSR count). The molecule has 1 saturated carbocycles. The Bertz CT molecular complexity index is 1060. The fourth-order valence-corrected chi connectivity index (χ4v) is 6.28. The van der Waals surface area contributed by atoms with Crippen molar-refractivity contribution in [2.75, 3.05) is 31.9 Å². The highest BCUT2D eigenvalue weighted by atomic mass is 16.7. The molecule has 4 aliphatic rings. The number of anilines is 1. The Morgan fingerprint density at radius 1 is 0.971 bits per heavy atom. The smallest absolute Gasteiger partial charge is 0.254 e. The molecular formula is C27H34N4O3. The number of benzene rings is 1. The van der Waals surface area contributed by atoms with Crippen LogP contribution in [0.1, 0.15) is 67.3 Å². The topological polar surface area (TPSA) is 80.9 Å². The number of likely N-dealkylation sites (tertiary alicyclic amines) is 2. The highest BCUT2D eigenvalue weighted by Gasteiger charge is 2.45. The van der Waals surface area contributed by atoms with Crippen molar-refractivity contribution in [3.05, 3.63) is 47.7 Å². The average Bonchev–Trinajstić information content (AvgIpc) is 3.47. The molecule has 2 N–H and O–H groups in total. The zero-order valence-electron chi connectivity index (χ0n) is 19.8. The first-order valence-corrected chi connectivity index (χ1v) is 12.8. The lowest BCUT2D eigenvalue weighted by Crippen LogP contribution is -2.48. The van der Waals surface area contributed by atoms with Gasteiger partial charge in [0, 0.05) is 49.8 Å². The number of ether oxygens (including phenoxy) is 2. The number of carbonyl (C=O) groups excluding carboxylic acids is 1. The molecule has 3 aliphatic heterocycles. The van der Waals surface area contributed by atoms with Crippen LogP contribution in [0.4, 0.5) is 5.82 Å². The molecule has 3 fully saturated rings. The third kappa shape index (κ3) is 4.00. The van der Waals surface area contributed by atoms with E-state index in [9.17, 15) is 4.79 Å². The second-order valence-electron chi connectivity index (χ2n) is 10.6. The number of nitrogen functional groups attached to an aromatic ring is 1. The second kappa shape index (κ2) is 8.45. The predicted molar refractivity (Wildman–Crippen MR) is 130 cm³/mol. The summed E-state index contributed by atoms with van der Waals surface area (Å²) in [7, 11) is 0. The molecule has 7 nitrogen and oxygen atoms in total. The van der Waals surface area contributed by atoms with Gasteiger partial charge in [0.15, 0.2) is 11.5 Å². The minimum Gasteiger partial charge on any atom is -0.448 e. The normalized spacial score (nSPS) is 23.0. The van der Waals surface area contributed by atoms with Crippen LogP contribution in [0.2, 0.25) is 0 Å². The van der Waals surface area contributed by atoms with Crippen LogP contribution in [0.3, 0.4) is 0 Å². The maximum atomic E-state index is 12.9. The van der Waals surface area contributed by atoms with E-state index < -0.39 is 5.79 Å². The molecule has 2 saturated heterocycles. The van der Waals surface area contributed by atoms with E-state index in [2.05, 4.69) is 22.0 Å². The average molecular weight is 463 g/mol. The number of carbonyl (C=O) groups is 1. The van der Waals surface area contributed by atoms with Gasteiger partial charge in [0.05, 0.1) is 0 Å². The van der Waals surface area contributed by atoms with Gasteiger partial charge in [-0.2, -0.15) is 0 Å². The standard InChI is InChI=1S/C27H34N4O3/c28-23-18-20(6-13-29-23)25(32)31-16-11-26(12-17-31)9-14-30(15-10-26)19-21-4-3-5-22-24(21)34-27(33-22)7-1-2-8-27/h3-6,13,18H,1-2,7-12,14-17,19H2,(H2,28,29). The van der Waals surface area contributed by atoms with Crippen molar-refractivity contribution in [2.24, 2.45) is 5.41 Å². The molecule has 4 heterocycles. The highest BCUT2D eigenvalue weighted by molar-refractivity contribution is 5.94. The van der Waals surface area contributed by atoms with Crippen LogP contribution in [-0.4, -0.2) is 52.7 Å². The number of amides is 1. The van der Waals surface area contributed by atoms with Crippen LogP contribution in [0.15, 0.2) is 36.5 Å². The molecule has 2 spiro atoms. The van der Waals surface area contributed by atoms with Gasteiger partial charge in [-0.05, 0) is 75.2 Å². The van der Waals surface area contributed by atoms with Crippen molar-refractivity contribution in [1.82, 2.24) is 14.8 Å². The van der Waals surface area contributed by atoms with Crippen LogP contribution in [-0.2, 0) is 6.54 Å². The van der Waals surface area contributed by atoms with E-state index in [0.29, 0.717) is 16.8 Å². The molecule has 0 bridgehead atoms. The lowest BCUT2D eigenvalue weighted by Gasteiger charge is -2.47. The van der Waals surface area contributed by atoms with E-state index in [-0.39, 0.29) is 5.91 Å². The number of fused-ring (bicyclic) bond motifs is 1. The van der Waals surface area contributed by atoms with Crippen molar-refractivity contribution >= 4 is 11.7 Å². The summed E-state index contributed by atoms with van der Waals surface area (Å²) in [5.41, 5.74) is 8.01. The van der Waals surface area contributed by atoms with Crippen molar-refractivity contribution in [1.29, 1.82) is 0 Å². The molecule has 7 heteroatoms. The Balaban J connectivity index is 1.04. The number of nitrogens with zero attached hydrogens (tertiary/aromatic N) is 3. The third-order valence-electron chi connectivity index (χ3n) is 8.46. The summed E-state index contributed by atoms with van der Waals surface area (Å²) in [6, 6.07) is 9.77. The van der Waals surface area contributed by atoms with E-state index >= 15 is 0 Å². The quantitative estimate of drug-likeness (QED) is 0.736. The summed E-state index contributed by atoms with van der Waals surface area (Å²) < 4.78 is 12.7. The fourth-order valence-electron chi connectivity index (χ4n) is 6.28. The fraction of sp³-hybridized carbons (Fsp3) is 0.556. The molecule has 1 aromatic carbocycles. The van der Waals surface area contributed by atoms with Gasteiger partial charge >= 0.3 is 0 Å². The van der Waals surface area contributed by atoms with Crippen LogP contribution in [0.25, 0.3) is 0 Å². The lowest BCUT2D eigenvalue weighted by molar-refractivity contribution is -0.0721. The van der Waals surface area contributed by atoms with Crippen molar-refractivity contribution in [3.8, 4) is 11.5 Å². The molecule has 1 aromatic heterocycles. The van der Waals surface area contributed by atoms with Crippen molar-refractivity contribution < 1.29 is 14.3 Å². The number of hydrogen-bond donors (Lipinski definition) is 1. The molecule has 34 heavy (non-hydrogen) atoms. The molecule has 0 unspecified atom stereocenters. The monoisotopic (exact) mass is 462 g/mol. The SMILES string of the molecule is Nc1cc(C(=O)N2CCC3(CCN(Cc4cccc5c4OC4(CCCC4)O5)CC3)CC2)ccn1. The molecule has 1 amide bonds. The summed E-state index contributed by atoms with van der Waals surface area (Å²) in [6.07, 6.45) is 10.5. The maximum absolute atomic E-state index is 12.9. The van der Waals surface area contributed by atoms with E-state index in [1.54, 1.807) is 18.3 Å². The summed E-state index contributed by atoms with van der Waals surface area (Å²) in [5.74, 6) is 1.94. The summed E-state index contributed by atoms with van der Waals surface area (Å²) >= 11 is 0. The number of rotatable bonds is 3. The summed E-state index contributed by atoms with van der Waals surface area (Å²) in [6.45, 7) is 4.73. The predicted octanol–water partition coefficient (Wildman–Crippen LogP) is 4.22. The zero-order chi connectivity index (χ0) is 23.2. The van der Waals surface area contributed by atoms with Gasteiger partial charge in [0.25, 0.3) is 11.7 Å². The number of para-hydroxylation sites is 1. The van der Waals surface area contributed by atoms with Crippen LogP contribution in [0, 0.1) is 5.41 Å². The number of piperidine rings is 2. The number of hydrogen-bond acceptors (Lipinski definition) is 6. The zero-order valence-corrected chi connectivity index (χ0v) is 19.8. The molecule has 0 atom stereocenters. The van der Waals surface area contributed by atoms with E-state index in [1.165, 1.54) is 31.2 Å². The van der Waals surface area contributed by atoms with Gasteiger partial charge in [-0.1, -0.05) is 12.1 Å². The Morgan fingerprint density at radius 3 is 2.44 bits per heavy atom. The van der Waals surface area contributed by atoms with Crippen molar-refractivity contribution in [3.63, 3.8) is 0 Å². The van der Waals surface area contributed by atoms with Gasteiger partial charge in [-0.25, -0.2) is 4.98 Å². The number of pyridine rings is 1. The maximum Gasteiger partial charge on any atom is 0.254 e. The minimum absolute atomic E-state index is 0.0709. The molecule has 0 radical (unpaired) electrons. The molecule has 1 aliphatic carbocycles. The second-order valence-corrected chi connectivity index (χ2v) is 10.6. The number of nitrogens with two attached hydrogens (primary N) is 1.